The van der Waals surface area contributed by atoms with E-state index in [4.69, 9.17) is 4.74 Å². The molecule has 192 valence electrons. The Hall–Kier alpha value is -4.39. The van der Waals surface area contributed by atoms with Crippen molar-refractivity contribution in [2.75, 3.05) is 25.5 Å². The van der Waals surface area contributed by atoms with Crippen LogP contribution < -0.4 is 20.9 Å². The number of para-hydroxylation sites is 1. The van der Waals surface area contributed by atoms with Gasteiger partial charge < -0.3 is 20.5 Å². The Morgan fingerprint density at radius 3 is 2.37 bits per heavy atom. The van der Waals surface area contributed by atoms with E-state index in [0.29, 0.717) is 6.54 Å². The lowest BCUT2D eigenvalue weighted by Gasteiger charge is -2.17. The molecule has 0 aliphatic carbocycles. The summed E-state index contributed by atoms with van der Waals surface area (Å²) in [4.78, 5) is 12.4. The van der Waals surface area contributed by atoms with E-state index in [-0.39, 0.29) is 12.1 Å². The minimum Gasteiger partial charge on any atom is -0.496 e. The highest BCUT2D eigenvalue weighted by Gasteiger charge is 2.11. The number of ether oxygens (including phenoxy) is 1. The predicted molar refractivity (Wildman–Crippen MR) is 154 cm³/mol. The number of benzene rings is 4. The van der Waals surface area contributed by atoms with Crippen molar-refractivity contribution >= 4 is 22.3 Å². The van der Waals surface area contributed by atoms with E-state index < -0.39 is 6.23 Å². The maximum absolute atomic E-state index is 12.4. The minimum atomic E-state index is -0.939. The lowest BCUT2D eigenvalue weighted by atomic mass is 10.0. The van der Waals surface area contributed by atoms with Crippen LogP contribution in [0.25, 0.3) is 22.0 Å². The van der Waals surface area contributed by atoms with Crippen LogP contribution >= 0.6 is 0 Å². The molecule has 4 aromatic carbocycles. The summed E-state index contributed by atoms with van der Waals surface area (Å²) < 4.78 is 7.00. The molecule has 1 aromatic heterocycles. The van der Waals surface area contributed by atoms with Gasteiger partial charge in [-0.3, -0.25) is 9.36 Å². The molecule has 6 nitrogen and oxygen atoms in total. The molecule has 38 heavy (non-hydrogen) atoms. The zero-order chi connectivity index (χ0) is 26.3. The summed E-state index contributed by atoms with van der Waals surface area (Å²) >= 11 is 0. The fourth-order valence-corrected chi connectivity index (χ4v) is 4.62. The molecule has 0 bridgehead atoms. The molecule has 0 amide bonds. The number of anilines is 2. The molecule has 0 saturated carbocycles. The van der Waals surface area contributed by atoms with Gasteiger partial charge in [0.2, 0.25) is 0 Å². The Balaban J connectivity index is 1.17. The average Bonchev–Trinajstić information content (AvgIpc) is 2.96. The van der Waals surface area contributed by atoms with Gasteiger partial charge in [0, 0.05) is 29.5 Å². The van der Waals surface area contributed by atoms with E-state index in [1.165, 1.54) is 16.2 Å². The van der Waals surface area contributed by atoms with Gasteiger partial charge in [0.15, 0.2) is 0 Å². The van der Waals surface area contributed by atoms with Gasteiger partial charge in [0.1, 0.15) is 12.0 Å². The van der Waals surface area contributed by atoms with Crippen molar-refractivity contribution in [3.8, 4) is 16.9 Å². The number of hydrogen-bond donors (Lipinski definition) is 3. The largest absolute Gasteiger partial charge is 0.496 e. The molecule has 1 atom stereocenters. The van der Waals surface area contributed by atoms with Crippen LogP contribution in [-0.4, -0.2) is 29.9 Å². The van der Waals surface area contributed by atoms with Gasteiger partial charge in [-0.15, -0.1) is 0 Å². The van der Waals surface area contributed by atoms with Gasteiger partial charge in [-0.05, 0) is 71.9 Å². The van der Waals surface area contributed by atoms with Crippen molar-refractivity contribution in [2.24, 2.45) is 0 Å². The summed E-state index contributed by atoms with van der Waals surface area (Å²) in [6.07, 6.45) is -0.136. The van der Waals surface area contributed by atoms with Crippen molar-refractivity contribution in [2.45, 2.75) is 12.6 Å². The van der Waals surface area contributed by atoms with Crippen LogP contribution in [0.3, 0.4) is 0 Å². The molecule has 0 radical (unpaired) electrons. The fraction of sp³-hybridized carbons (Fsp3) is 0.156. The molecule has 1 heterocycles. The number of aliphatic hydroxyl groups is 1. The highest BCUT2D eigenvalue weighted by Crippen LogP contribution is 2.33. The highest BCUT2D eigenvalue weighted by atomic mass is 16.5. The number of nitrogens with one attached hydrogen (secondary N) is 2. The minimum absolute atomic E-state index is 0.214. The van der Waals surface area contributed by atoms with Crippen molar-refractivity contribution < 1.29 is 9.84 Å². The third-order valence-electron chi connectivity index (χ3n) is 6.58. The van der Waals surface area contributed by atoms with Gasteiger partial charge >= 0.3 is 0 Å². The smallest absolute Gasteiger partial charge is 0.253 e. The number of aliphatic hydroxyl groups excluding tert-OH is 1. The molecule has 0 spiro atoms. The summed E-state index contributed by atoms with van der Waals surface area (Å²) in [7, 11) is 1.69. The highest BCUT2D eigenvalue weighted by molar-refractivity contribution is 5.79. The van der Waals surface area contributed by atoms with E-state index in [2.05, 4.69) is 53.1 Å². The molecule has 0 saturated heterocycles. The first-order chi connectivity index (χ1) is 18.6. The second-order valence-electron chi connectivity index (χ2n) is 9.14. The second-order valence-corrected chi connectivity index (χ2v) is 9.14. The number of methoxy groups -OCH3 is 1. The summed E-state index contributed by atoms with van der Waals surface area (Å²) in [6.45, 7) is 0.969. The Kier molecular flexibility index (Phi) is 7.83. The van der Waals surface area contributed by atoms with Crippen LogP contribution in [0, 0.1) is 0 Å². The van der Waals surface area contributed by atoms with Crippen LogP contribution in [0.4, 0.5) is 11.4 Å². The molecule has 5 aromatic rings. The number of nitrogens with zero attached hydrogens (tertiary/aromatic N) is 1. The maximum atomic E-state index is 12.4. The lowest BCUT2D eigenvalue weighted by Crippen LogP contribution is -2.32. The third-order valence-corrected chi connectivity index (χ3v) is 6.58. The van der Waals surface area contributed by atoms with Crippen LogP contribution in [0.1, 0.15) is 11.8 Å². The zero-order valence-corrected chi connectivity index (χ0v) is 21.3. The van der Waals surface area contributed by atoms with Crippen LogP contribution in [0.2, 0.25) is 0 Å². The van der Waals surface area contributed by atoms with E-state index in [9.17, 15) is 9.90 Å². The average molecular weight is 506 g/mol. The van der Waals surface area contributed by atoms with Gasteiger partial charge in [0.25, 0.3) is 5.56 Å². The lowest BCUT2D eigenvalue weighted by molar-refractivity contribution is 0.104. The van der Waals surface area contributed by atoms with E-state index in [1.54, 1.807) is 13.2 Å². The first kappa shape index (κ1) is 25.3. The van der Waals surface area contributed by atoms with Gasteiger partial charge in [-0.2, -0.15) is 0 Å². The Morgan fingerprint density at radius 1 is 0.842 bits per heavy atom. The van der Waals surface area contributed by atoms with Gasteiger partial charge in [-0.1, -0.05) is 60.7 Å². The normalized spacial score (nSPS) is 11.8. The first-order valence-corrected chi connectivity index (χ1v) is 12.7. The predicted octanol–water partition coefficient (Wildman–Crippen LogP) is 5.74. The zero-order valence-electron chi connectivity index (χ0n) is 21.3. The number of aromatic nitrogens is 1. The number of hydrogen-bond acceptors (Lipinski definition) is 5. The number of rotatable bonds is 10. The molecule has 0 aliphatic rings. The van der Waals surface area contributed by atoms with Crippen molar-refractivity contribution in [3.05, 3.63) is 125 Å². The molecular weight excluding hydrogens is 474 g/mol. The molecule has 0 aliphatic heterocycles. The maximum Gasteiger partial charge on any atom is 0.253 e. The van der Waals surface area contributed by atoms with Crippen LogP contribution in [-0.2, 0) is 6.42 Å². The van der Waals surface area contributed by atoms with Crippen LogP contribution in [0.15, 0.2) is 114 Å². The summed E-state index contributed by atoms with van der Waals surface area (Å²) in [5.74, 6) is 0.833. The van der Waals surface area contributed by atoms with Crippen LogP contribution in [0.5, 0.6) is 5.75 Å². The van der Waals surface area contributed by atoms with Gasteiger partial charge in [-0.25, -0.2) is 0 Å². The SMILES string of the molecule is COc1ccc(Nc2ccc(CCNC[C@@H](O)n3c(=O)ccc4ccccc43)cc2)cc1-c1ccccc1. The van der Waals surface area contributed by atoms with E-state index in [1.807, 2.05) is 54.6 Å². The molecule has 3 N–H and O–H groups in total. The molecule has 0 unspecified atom stereocenters. The second kappa shape index (κ2) is 11.8. The monoisotopic (exact) mass is 505 g/mol. The Labute approximate surface area is 222 Å². The summed E-state index contributed by atoms with van der Waals surface area (Å²) in [6, 6.07) is 35.4. The standard InChI is InChI=1S/C32H31N3O3/c1-38-30-17-16-27(21-28(30)24-7-3-2-4-8-24)34-26-14-11-23(12-15-26)19-20-33-22-32(37)35-29-10-6-5-9-25(29)13-18-31(35)36/h2-18,21,32-34,37H,19-20,22H2,1H3/t32-/m1/s1. The van der Waals surface area contributed by atoms with Gasteiger partial charge in [0.05, 0.1) is 12.6 Å². The Morgan fingerprint density at radius 2 is 1.58 bits per heavy atom. The molecule has 5 rings (SSSR count). The van der Waals surface area contributed by atoms with Crippen molar-refractivity contribution in [1.29, 1.82) is 0 Å². The Bertz CT molecular complexity index is 1560. The molecule has 0 fully saturated rings. The summed E-state index contributed by atoms with van der Waals surface area (Å²) in [5, 5.41) is 18.4. The number of pyridine rings is 1. The van der Waals surface area contributed by atoms with Crippen molar-refractivity contribution in [3.63, 3.8) is 0 Å². The first-order valence-electron chi connectivity index (χ1n) is 12.7. The third kappa shape index (κ3) is 5.78. The van der Waals surface area contributed by atoms with Crippen molar-refractivity contribution in [1.82, 2.24) is 9.88 Å². The quantitative estimate of drug-likeness (QED) is 0.211. The fourth-order valence-electron chi connectivity index (χ4n) is 4.62. The topological polar surface area (TPSA) is 75.5 Å². The van der Waals surface area contributed by atoms with E-state index in [0.717, 1.165) is 45.6 Å². The van der Waals surface area contributed by atoms with E-state index >= 15 is 0 Å². The summed E-state index contributed by atoms with van der Waals surface area (Å²) in [5.41, 5.74) is 5.81. The number of fused-ring (bicyclic) bond motifs is 1. The molecule has 6 heteroatoms. The molecular formula is C32H31N3O3.